The molecule has 0 aromatic carbocycles. The molecule has 0 spiro atoms. The fourth-order valence-electron chi connectivity index (χ4n) is 0. The maximum atomic E-state index is 8.42. The van der Waals surface area contributed by atoms with Gasteiger partial charge in [-0.2, -0.15) is 0 Å². The van der Waals surface area contributed by atoms with Gasteiger partial charge in [-0.05, 0) is 0 Å². The van der Waals surface area contributed by atoms with E-state index in [0.29, 0.717) is 0 Å². The van der Waals surface area contributed by atoms with E-state index in [1.165, 1.54) is 9.88 Å². The third-order valence-corrected chi connectivity index (χ3v) is 0. The van der Waals surface area contributed by atoms with E-state index < -0.39 is 7.32 Å². The largest absolute Gasteiger partial charge is 3.00 e. The molecule has 0 amide bonds. The summed E-state index contributed by atoms with van der Waals surface area (Å²) in [5.74, 6) is 0. The first-order valence-corrected chi connectivity index (χ1v) is 1.48. The van der Waals surface area contributed by atoms with Crippen molar-refractivity contribution in [2.24, 2.45) is 0 Å². The van der Waals surface area contributed by atoms with Crippen LogP contribution >= 0.6 is 0 Å². The zero-order valence-corrected chi connectivity index (χ0v) is 5.71. The Hall–Kier alpha value is 0.404. The Morgan fingerprint density at radius 1 is 1.14 bits per heavy atom. The number of nitrogens with zero attached hydrogens (tertiary/aromatic N) is 1. The molecule has 0 radical (unpaired) electrons. The van der Waals surface area contributed by atoms with Crippen molar-refractivity contribution in [3.05, 3.63) is 0 Å². The molecule has 0 aromatic rings. The monoisotopic (exact) mass is 129 g/mol. The molecule has 0 N–H and O–H groups in total. The molecule has 0 fully saturated rings. The average Bonchev–Trinajstić information content (AvgIpc) is 1.41. The molecular weight excluding hydrogens is 128 g/mol. The van der Waals surface area contributed by atoms with Gasteiger partial charge < -0.3 is 15.1 Å². The van der Waals surface area contributed by atoms with Gasteiger partial charge in [0.15, 0.2) is 9.88 Å². The van der Waals surface area contributed by atoms with Crippen molar-refractivity contribution < 1.29 is 15.1 Å². The van der Waals surface area contributed by atoms with Crippen molar-refractivity contribution >= 4 is 34.6 Å². The van der Waals surface area contributed by atoms with Gasteiger partial charge in [-0.25, -0.2) is 0 Å². The van der Waals surface area contributed by atoms with E-state index >= 15 is 0 Å². The van der Waals surface area contributed by atoms with Gasteiger partial charge in [-0.1, -0.05) is 0 Å². The van der Waals surface area contributed by atoms with Crippen molar-refractivity contribution in [3.8, 4) is 0 Å². The summed E-state index contributed by atoms with van der Waals surface area (Å²) in [5.41, 5.74) is 0. The zero-order chi connectivity index (χ0) is 5.58. The first-order valence-electron chi connectivity index (χ1n) is 0.965. The number of rotatable bonds is 0. The third kappa shape index (κ3) is 760. The number of hydrogen-bond acceptors (Lipinski definition) is 4. The second-order valence-electron chi connectivity index (χ2n) is 0.289. The Kier molecular flexibility index (Phi) is 36.1. The molecule has 0 saturated carbocycles. The maximum absolute atomic E-state index is 8.42. The summed E-state index contributed by atoms with van der Waals surface area (Å²) in [4.78, 5) is 6.92. The van der Waals surface area contributed by atoms with Gasteiger partial charge in [0.25, 0.3) is 0 Å². The van der Waals surface area contributed by atoms with E-state index in [9.17, 15) is 0 Å². The normalized spacial score (nSPS) is 4.14. The van der Waals surface area contributed by atoms with Gasteiger partial charge in [0.1, 0.15) is 0 Å². The van der Waals surface area contributed by atoms with Crippen LogP contribution in [0, 0.1) is 4.89 Å². The Balaban J connectivity index is -0.0000000480. The topological polar surface area (TPSA) is 93.0 Å². The fraction of sp³-hybridized carbons (Fsp3) is 0. The Bertz CT molecular complexity index is 36.4. The first kappa shape index (κ1) is 15.7. The zero-order valence-electron chi connectivity index (χ0n) is 3.40. The van der Waals surface area contributed by atoms with Crippen LogP contribution < -0.4 is 15.1 Å². The van der Waals surface area contributed by atoms with E-state index in [1.807, 2.05) is 0 Å². The molecule has 0 aliphatic rings. The summed E-state index contributed by atoms with van der Waals surface area (Å²) in [5, 5.41) is 25.2. The second-order valence-corrected chi connectivity index (χ2v) is 0.289. The predicted octanol–water partition coefficient (Wildman–Crippen LogP) is -4.96. The summed E-state index contributed by atoms with van der Waals surface area (Å²) < 4.78 is 0. The van der Waals surface area contributed by atoms with Crippen molar-refractivity contribution in [2.45, 2.75) is 0 Å². The quantitative estimate of drug-likeness (QED) is 0.306. The molecule has 0 atom stereocenters. The second kappa shape index (κ2) is 16.1. The van der Waals surface area contributed by atoms with Gasteiger partial charge in [0.2, 0.25) is 0 Å². The molecule has 0 saturated heterocycles. The minimum absolute atomic E-state index is 0. The molecule has 0 aliphatic carbocycles. The molecule has 34 valence electrons. The standard InChI is InChI=1S/Al.BO3.HNSi/c;2-1(3)4;1-2/h;;2H/q+3;-3;. The van der Waals surface area contributed by atoms with Crippen LogP contribution in [0.15, 0.2) is 0 Å². The minimum Gasteiger partial charge on any atom is -0.907 e. The number of hydrogen-bond donors (Lipinski definition) is 0. The molecule has 0 bridgehead atoms. The van der Waals surface area contributed by atoms with Crippen LogP contribution in [0.3, 0.4) is 0 Å². The fourth-order valence-corrected chi connectivity index (χ4v) is 0. The van der Waals surface area contributed by atoms with Gasteiger partial charge >= 0.3 is 17.4 Å². The molecule has 0 heterocycles. The van der Waals surface area contributed by atoms with Gasteiger partial charge in [-0.15, -0.1) is 0 Å². The van der Waals surface area contributed by atoms with Crippen LogP contribution in [-0.4, -0.2) is 34.6 Å². The molecule has 7 heteroatoms. The van der Waals surface area contributed by atoms with Gasteiger partial charge in [0.05, 0.1) is 0 Å². The molecule has 0 aliphatic heterocycles. The van der Waals surface area contributed by atoms with Crippen LogP contribution in [-0.2, 0) is 0 Å². The van der Waals surface area contributed by atoms with Crippen molar-refractivity contribution in [3.63, 3.8) is 0 Å². The summed E-state index contributed by atoms with van der Waals surface area (Å²) >= 11 is 0. The predicted molar refractivity (Wildman–Crippen MR) is 20.4 cm³/mol. The molecule has 4 nitrogen and oxygen atoms in total. The molecule has 0 unspecified atom stereocenters. The molecular formula is HAlBNO3Si. The van der Waals surface area contributed by atoms with Gasteiger partial charge in [-0.3, -0.25) is 12.2 Å². The van der Waals surface area contributed by atoms with E-state index in [-0.39, 0.29) is 17.4 Å². The summed E-state index contributed by atoms with van der Waals surface area (Å²) in [6.07, 6.45) is 0. The minimum atomic E-state index is -2.92. The summed E-state index contributed by atoms with van der Waals surface area (Å²) in [7, 11) is -1.50. The SMILES string of the molecule is N#[SiH].[Al+3].[O-]B([O-])[O-]. The van der Waals surface area contributed by atoms with Crippen LogP contribution in [0.1, 0.15) is 0 Å². The third-order valence-electron chi connectivity index (χ3n) is 0. The van der Waals surface area contributed by atoms with Crippen molar-refractivity contribution in [1.82, 2.24) is 0 Å². The maximum Gasteiger partial charge on any atom is 3.00 e. The first-order chi connectivity index (χ1) is 2.73. The summed E-state index contributed by atoms with van der Waals surface area (Å²) in [6.45, 7) is 0. The Morgan fingerprint density at radius 3 is 1.14 bits per heavy atom. The van der Waals surface area contributed by atoms with Crippen LogP contribution in [0.5, 0.6) is 0 Å². The molecule has 0 rings (SSSR count). The van der Waals surface area contributed by atoms with E-state index in [1.54, 1.807) is 0 Å². The van der Waals surface area contributed by atoms with Crippen LogP contribution in [0.25, 0.3) is 0 Å². The van der Waals surface area contributed by atoms with Crippen molar-refractivity contribution in [1.29, 1.82) is 4.89 Å². The average molecular weight is 129 g/mol. The van der Waals surface area contributed by atoms with Crippen LogP contribution in [0.2, 0.25) is 0 Å². The molecule has 0 aromatic heterocycles. The van der Waals surface area contributed by atoms with E-state index in [4.69, 9.17) is 20.0 Å². The van der Waals surface area contributed by atoms with Crippen molar-refractivity contribution in [2.75, 3.05) is 0 Å². The Morgan fingerprint density at radius 2 is 1.14 bits per heavy atom. The van der Waals surface area contributed by atoms with Gasteiger partial charge in [0, 0.05) is 0 Å². The summed E-state index contributed by atoms with van der Waals surface area (Å²) in [6, 6.07) is 0. The smallest absolute Gasteiger partial charge is 0.907 e. The molecule has 7 heavy (non-hydrogen) atoms. The Labute approximate surface area is 55.1 Å². The van der Waals surface area contributed by atoms with Crippen LogP contribution in [0.4, 0.5) is 0 Å². The van der Waals surface area contributed by atoms with E-state index in [0.717, 1.165) is 0 Å². The van der Waals surface area contributed by atoms with E-state index in [2.05, 4.69) is 0 Å².